The van der Waals surface area contributed by atoms with Gasteiger partial charge in [0, 0.05) is 25.1 Å². The maximum absolute atomic E-state index is 13.7. The monoisotopic (exact) mass is 420 g/mol. The number of benzene rings is 1. The molecule has 2 aromatic heterocycles. The third kappa shape index (κ3) is 4.43. The summed E-state index contributed by atoms with van der Waals surface area (Å²) in [6.45, 7) is 0.557. The molecule has 8 nitrogen and oxygen atoms in total. The van der Waals surface area contributed by atoms with Gasteiger partial charge in [0.2, 0.25) is 5.95 Å². The molecule has 1 aliphatic carbocycles. The first-order valence-electron chi connectivity index (χ1n) is 8.81. The zero-order valence-electron chi connectivity index (χ0n) is 15.9. The lowest BCUT2D eigenvalue weighted by Crippen LogP contribution is -2.17. The molecule has 0 spiro atoms. The van der Waals surface area contributed by atoms with Gasteiger partial charge in [0.15, 0.2) is 5.75 Å². The molecular formula is C19H21FN4O4S. The highest BCUT2D eigenvalue weighted by Crippen LogP contribution is 2.35. The van der Waals surface area contributed by atoms with Gasteiger partial charge in [0.05, 0.1) is 18.2 Å². The van der Waals surface area contributed by atoms with Crippen molar-refractivity contribution in [3.63, 3.8) is 0 Å². The summed E-state index contributed by atoms with van der Waals surface area (Å²) in [5.74, 6) is 0.681. The van der Waals surface area contributed by atoms with E-state index in [4.69, 9.17) is 4.74 Å². The molecule has 4 rings (SSSR count). The highest BCUT2D eigenvalue weighted by atomic mass is 32.2. The summed E-state index contributed by atoms with van der Waals surface area (Å²) in [5, 5.41) is 0.809. The Labute approximate surface area is 168 Å². The number of nitrogens with zero attached hydrogens (tertiary/aromatic N) is 3. The van der Waals surface area contributed by atoms with E-state index in [1.807, 2.05) is 0 Å². The fourth-order valence-electron chi connectivity index (χ4n) is 2.97. The lowest BCUT2D eigenvalue weighted by atomic mass is 10.0. The molecule has 0 saturated heterocycles. The molecule has 1 unspecified atom stereocenters. The average molecular weight is 420 g/mol. The number of aromatic nitrogens is 3. The highest BCUT2D eigenvalue weighted by Gasteiger charge is 2.24. The van der Waals surface area contributed by atoms with E-state index < -0.39 is 16.8 Å². The molecule has 2 heterocycles. The number of nitrogens with one attached hydrogen (secondary N) is 1. The first kappa shape index (κ1) is 20.9. The fraction of sp³-hybridized carbons (Fsp3) is 0.316. The van der Waals surface area contributed by atoms with Crippen molar-refractivity contribution in [2.75, 3.05) is 17.6 Å². The van der Waals surface area contributed by atoms with Crippen molar-refractivity contribution in [3.8, 4) is 17.0 Å². The van der Waals surface area contributed by atoms with Gasteiger partial charge >= 0.3 is 0 Å². The van der Waals surface area contributed by atoms with E-state index in [1.165, 1.54) is 29.2 Å². The maximum atomic E-state index is 13.7. The Balaban J connectivity index is 0.00000240. The zero-order valence-corrected chi connectivity index (χ0v) is 16.8. The SMILES string of the molecule is Cn1cc(-c2nc(NS(C)=O)ncc2OCC2CC2)c2ccc(F)cc2c1=O.O. The molecule has 154 valence electrons. The van der Waals surface area contributed by atoms with Crippen LogP contribution in [0.15, 0.2) is 35.4 Å². The van der Waals surface area contributed by atoms with E-state index in [0.717, 1.165) is 12.8 Å². The molecule has 1 aliphatic rings. The summed E-state index contributed by atoms with van der Waals surface area (Å²) in [6.07, 6.45) is 6.91. The summed E-state index contributed by atoms with van der Waals surface area (Å²) in [5.41, 5.74) is 0.756. The predicted octanol–water partition coefficient (Wildman–Crippen LogP) is 1.80. The smallest absolute Gasteiger partial charge is 0.258 e. The Hall–Kier alpha value is -2.85. The van der Waals surface area contributed by atoms with E-state index in [0.29, 0.717) is 34.9 Å². The van der Waals surface area contributed by atoms with Crippen LogP contribution < -0.4 is 15.0 Å². The number of pyridine rings is 1. The lowest BCUT2D eigenvalue weighted by Gasteiger charge is -2.14. The van der Waals surface area contributed by atoms with E-state index in [2.05, 4.69) is 14.7 Å². The quantitative estimate of drug-likeness (QED) is 0.652. The third-order valence-electron chi connectivity index (χ3n) is 4.56. The van der Waals surface area contributed by atoms with Gasteiger partial charge in [-0.1, -0.05) is 6.07 Å². The van der Waals surface area contributed by atoms with Gasteiger partial charge in [-0.25, -0.2) is 18.6 Å². The van der Waals surface area contributed by atoms with Gasteiger partial charge in [0.1, 0.15) is 22.5 Å². The second-order valence-electron chi connectivity index (χ2n) is 6.87. The van der Waals surface area contributed by atoms with Crippen LogP contribution in [0.5, 0.6) is 5.75 Å². The van der Waals surface area contributed by atoms with Gasteiger partial charge in [0.25, 0.3) is 5.56 Å². The van der Waals surface area contributed by atoms with Crippen LogP contribution >= 0.6 is 0 Å². The van der Waals surface area contributed by atoms with E-state index >= 15 is 0 Å². The summed E-state index contributed by atoms with van der Waals surface area (Å²) in [4.78, 5) is 21.1. The number of anilines is 1. The number of hydrogen-bond acceptors (Lipinski definition) is 5. The van der Waals surface area contributed by atoms with Crippen molar-refractivity contribution in [3.05, 3.63) is 46.8 Å². The molecule has 1 atom stereocenters. The fourth-order valence-corrected chi connectivity index (χ4v) is 3.32. The van der Waals surface area contributed by atoms with Crippen LogP contribution in [0, 0.1) is 11.7 Å². The van der Waals surface area contributed by atoms with Crippen LogP contribution in [-0.2, 0) is 18.0 Å². The third-order valence-corrected chi connectivity index (χ3v) is 5.03. The summed E-state index contributed by atoms with van der Waals surface area (Å²) in [6, 6.07) is 4.07. The van der Waals surface area contributed by atoms with Gasteiger partial charge < -0.3 is 14.8 Å². The van der Waals surface area contributed by atoms with Crippen molar-refractivity contribution < 1.29 is 18.8 Å². The number of ether oxygens (including phenoxy) is 1. The van der Waals surface area contributed by atoms with Crippen LogP contribution in [0.4, 0.5) is 10.3 Å². The van der Waals surface area contributed by atoms with Gasteiger partial charge in [-0.15, -0.1) is 0 Å². The molecule has 3 N–H and O–H groups in total. The standard InChI is InChI=1S/C19H19FN4O3S.H2O/c1-24-9-15(13-6-5-12(20)7-14(13)18(24)25)17-16(27-10-11-3-4-11)8-21-19(22-17)23-28(2)26;/h5-9,11H,3-4,10H2,1-2H3,(H,21,22,23);1H2. The van der Waals surface area contributed by atoms with E-state index in [-0.39, 0.29) is 22.4 Å². The molecule has 1 aromatic carbocycles. The average Bonchev–Trinajstić information content (AvgIpc) is 3.48. The second-order valence-corrected chi connectivity index (χ2v) is 7.98. The summed E-state index contributed by atoms with van der Waals surface area (Å²) < 4.78 is 35.2. The molecule has 0 radical (unpaired) electrons. The van der Waals surface area contributed by atoms with E-state index in [9.17, 15) is 13.4 Å². The lowest BCUT2D eigenvalue weighted by molar-refractivity contribution is 0.299. The van der Waals surface area contributed by atoms with Crippen molar-refractivity contribution in [1.29, 1.82) is 0 Å². The Bertz CT molecular complexity index is 1150. The molecule has 0 bridgehead atoms. The summed E-state index contributed by atoms with van der Waals surface area (Å²) >= 11 is 0. The second kappa shape index (κ2) is 8.26. The van der Waals surface area contributed by atoms with Crippen molar-refractivity contribution in [2.24, 2.45) is 13.0 Å². The number of fused-ring (bicyclic) bond motifs is 1. The van der Waals surface area contributed by atoms with E-state index in [1.54, 1.807) is 19.3 Å². The van der Waals surface area contributed by atoms with Crippen molar-refractivity contribution in [2.45, 2.75) is 12.8 Å². The van der Waals surface area contributed by atoms with Crippen LogP contribution in [0.2, 0.25) is 0 Å². The van der Waals surface area contributed by atoms with Crippen LogP contribution in [0.3, 0.4) is 0 Å². The van der Waals surface area contributed by atoms with Crippen LogP contribution in [0.1, 0.15) is 12.8 Å². The van der Waals surface area contributed by atoms with Crippen molar-refractivity contribution in [1.82, 2.24) is 14.5 Å². The van der Waals surface area contributed by atoms with Gasteiger partial charge in [-0.2, -0.15) is 0 Å². The molecule has 0 amide bonds. The normalized spacial score (nSPS) is 14.3. The largest absolute Gasteiger partial charge is 0.489 e. The van der Waals surface area contributed by atoms with Gasteiger partial charge in [-0.3, -0.25) is 9.52 Å². The molecule has 3 aromatic rings. The first-order chi connectivity index (χ1) is 13.4. The van der Waals surface area contributed by atoms with Gasteiger partial charge in [-0.05, 0) is 36.3 Å². The molecule has 1 saturated carbocycles. The minimum absolute atomic E-state index is 0. The molecular weight excluding hydrogens is 399 g/mol. The van der Waals surface area contributed by atoms with Crippen LogP contribution in [0.25, 0.3) is 22.0 Å². The summed E-state index contributed by atoms with van der Waals surface area (Å²) in [7, 11) is 0.252. The zero-order chi connectivity index (χ0) is 19.8. The topological polar surface area (TPSA) is 118 Å². The Kier molecular flexibility index (Phi) is 5.94. The highest BCUT2D eigenvalue weighted by molar-refractivity contribution is 7.85. The van der Waals surface area contributed by atoms with Crippen molar-refractivity contribution >= 4 is 27.7 Å². The molecule has 10 heteroatoms. The Morgan fingerprint density at radius 3 is 2.79 bits per heavy atom. The number of hydrogen-bond donors (Lipinski definition) is 1. The van der Waals surface area contributed by atoms with Crippen LogP contribution in [-0.4, -0.2) is 37.1 Å². The molecule has 0 aliphatic heterocycles. The predicted molar refractivity (Wildman–Crippen MR) is 110 cm³/mol. The Morgan fingerprint density at radius 1 is 1.34 bits per heavy atom. The minimum atomic E-state index is -1.35. The minimum Gasteiger partial charge on any atom is -0.489 e. The molecule has 29 heavy (non-hydrogen) atoms. The number of aryl methyl sites for hydroxylation is 1. The number of rotatable bonds is 6. The molecule has 1 fully saturated rings. The maximum Gasteiger partial charge on any atom is 0.258 e. The Morgan fingerprint density at radius 2 is 2.10 bits per heavy atom. The number of halogens is 1. The first-order valence-corrected chi connectivity index (χ1v) is 10.4.